The van der Waals surface area contributed by atoms with Crippen molar-refractivity contribution in [2.45, 2.75) is 44.9 Å². The van der Waals surface area contributed by atoms with Gasteiger partial charge in [0.15, 0.2) is 0 Å². The standard InChI is InChI=1S/C33H31ClN2O3/c1-3-5-28(22-8-10-24(11-9-22)33(39)36-17-16-31(37)38)32(23-12-14-26(34)15-13-23)29-7-4-6-27-25(20-35)18-21(2)19-30(27)29/h4,6-15,18-19,28,32H,3,5,16-17H2,1-2H3,(H,36,39)(H,37,38)/t28-,32?/m1/s1. The summed E-state index contributed by atoms with van der Waals surface area (Å²) in [5.74, 6) is -1.17. The molecule has 39 heavy (non-hydrogen) atoms. The molecule has 2 atom stereocenters. The number of amides is 1. The molecule has 2 N–H and O–H groups in total. The Morgan fingerprint density at radius 2 is 1.67 bits per heavy atom. The van der Waals surface area contributed by atoms with Gasteiger partial charge in [0.1, 0.15) is 0 Å². The van der Waals surface area contributed by atoms with Crippen molar-refractivity contribution in [2.24, 2.45) is 0 Å². The third-order valence-electron chi connectivity index (χ3n) is 7.09. The van der Waals surface area contributed by atoms with E-state index in [0.717, 1.165) is 45.9 Å². The van der Waals surface area contributed by atoms with E-state index in [1.54, 1.807) is 12.1 Å². The number of aryl methyl sites for hydroxylation is 1. The minimum absolute atomic E-state index is 0.0190. The fourth-order valence-electron chi connectivity index (χ4n) is 5.32. The first kappa shape index (κ1) is 27.9. The average molecular weight is 539 g/mol. The van der Waals surface area contributed by atoms with Gasteiger partial charge in [0.2, 0.25) is 0 Å². The van der Waals surface area contributed by atoms with Crippen molar-refractivity contribution >= 4 is 34.2 Å². The average Bonchev–Trinajstić information content (AvgIpc) is 2.93. The van der Waals surface area contributed by atoms with Crippen molar-refractivity contribution in [3.8, 4) is 6.07 Å². The zero-order chi connectivity index (χ0) is 27.9. The van der Waals surface area contributed by atoms with E-state index in [1.165, 1.54) is 0 Å². The number of benzene rings is 4. The molecule has 0 fully saturated rings. The van der Waals surface area contributed by atoms with Gasteiger partial charge < -0.3 is 10.4 Å². The van der Waals surface area contributed by atoms with Gasteiger partial charge in [0.25, 0.3) is 5.91 Å². The number of carboxylic acid groups (broad SMARTS) is 1. The first-order chi connectivity index (χ1) is 18.8. The molecule has 4 aromatic carbocycles. The van der Waals surface area contributed by atoms with Crippen LogP contribution in [0.4, 0.5) is 0 Å². The molecule has 6 heteroatoms. The van der Waals surface area contributed by atoms with E-state index in [4.69, 9.17) is 16.7 Å². The molecule has 0 radical (unpaired) electrons. The van der Waals surface area contributed by atoms with Crippen LogP contribution in [0.2, 0.25) is 5.02 Å². The largest absolute Gasteiger partial charge is 0.481 e. The van der Waals surface area contributed by atoms with Gasteiger partial charge in [0, 0.05) is 23.0 Å². The number of rotatable bonds is 10. The van der Waals surface area contributed by atoms with Crippen LogP contribution < -0.4 is 5.32 Å². The lowest BCUT2D eigenvalue weighted by Crippen LogP contribution is -2.26. The Balaban J connectivity index is 1.81. The molecular formula is C33H31ClN2O3. The third kappa shape index (κ3) is 6.47. The summed E-state index contributed by atoms with van der Waals surface area (Å²) in [5.41, 5.74) is 5.55. The van der Waals surface area contributed by atoms with E-state index in [-0.39, 0.29) is 30.7 Å². The number of carboxylic acids is 1. The lowest BCUT2D eigenvalue weighted by atomic mass is 9.73. The highest BCUT2D eigenvalue weighted by Gasteiger charge is 2.28. The van der Waals surface area contributed by atoms with E-state index in [1.807, 2.05) is 49.4 Å². The van der Waals surface area contributed by atoms with Crippen LogP contribution in [0.25, 0.3) is 10.8 Å². The lowest BCUT2D eigenvalue weighted by Gasteiger charge is -2.30. The van der Waals surface area contributed by atoms with Crippen LogP contribution in [0.3, 0.4) is 0 Å². The van der Waals surface area contributed by atoms with E-state index >= 15 is 0 Å². The number of nitriles is 1. The van der Waals surface area contributed by atoms with Crippen molar-refractivity contribution < 1.29 is 14.7 Å². The number of hydrogen-bond acceptors (Lipinski definition) is 3. The minimum atomic E-state index is -0.952. The number of carbonyl (C=O) groups excluding carboxylic acids is 1. The summed E-state index contributed by atoms with van der Waals surface area (Å²) >= 11 is 6.27. The van der Waals surface area contributed by atoms with Crippen LogP contribution in [0, 0.1) is 18.3 Å². The number of carbonyl (C=O) groups is 2. The first-order valence-electron chi connectivity index (χ1n) is 13.1. The number of fused-ring (bicyclic) bond motifs is 1. The fraction of sp³-hybridized carbons (Fsp3) is 0.242. The van der Waals surface area contributed by atoms with E-state index < -0.39 is 5.97 Å². The fourth-order valence-corrected chi connectivity index (χ4v) is 5.45. The second kappa shape index (κ2) is 12.6. The topological polar surface area (TPSA) is 90.2 Å². The number of nitrogens with zero attached hydrogens (tertiary/aromatic N) is 1. The molecule has 0 bridgehead atoms. The highest BCUT2D eigenvalue weighted by molar-refractivity contribution is 6.30. The second-order valence-corrected chi connectivity index (χ2v) is 10.2. The Labute approximate surface area is 234 Å². The monoisotopic (exact) mass is 538 g/mol. The molecule has 0 saturated carbocycles. The summed E-state index contributed by atoms with van der Waals surface area (Å²) in [7, 11) is 0. The van der Waals surface area contributed by atoms with Crippen LogP contribution in [0.5, 0.6) is 0 Å². The van der Waals surface area contributed by atoms with Gasteiger partial charge in [-0.1, -0.05) is 73.5 Å². The summed E-state index contributed by atoms with van der Waals surface area (Å²) in [6.45, 7) is 4.26. The molecule has 0 aliphatic carbocycles. The zero-order valence-corrected chi connectivity index (χ0v) is 22.8. The number of hydrogen-bond donors (Lipinski definition) is 2. The Bertz CT molecular complexity index is 1520. The Morgan fingerprint density at radius 1 is 0.974 bits per heavy atom. The summed E-state index contributed by atoms with van der Waals surface area (Å²) < 4.78 is 0. The van der Waals surface area contributed by atoms with E-state index in [0.29, 0.717) is 16.1 Å². The Kier molecular flexibility index (Phi) is 9.01. The molecule has 0 aliphatic heterocycles. The molecule has 5 nitrogen and oxygen atoms in total. The number of halogens is 1. The Hall–Kier alpha value is -4.14. The smallest absolute Gasteiger partial charge is 0.305 e. The zero-order valence-electron chi connectivity index (χ0n) is 22.1. The SMILES string of the molecule is CCC[C@H](c1ccc(C(=O)NCCC(=O)O)cc1)C(c1ccc(Cl)cc1)c1cccc2c(C#N)cc(C)cc12. The number of nitrogens with one attached hydrogen (secondary N) is 1. The van der Waals surface area contributed by atoms with Crippen LogP contribution in [0.1, 0.15) is 76.2 Å². The third-order valence-corrected chi connectivity index (χ3v) is 7.34. The normalized spacial score (nSPS) is 12.5. The molecule has 0 aliphatic rings. The van der Waals surface area contributed by atoms with Crippen LogP contribution >= 0.6 is 11.6 Å². The second-order valence-electron chi connectivity index (χ2n) is 9.81. The maximum atomic E-state index is 12.5. The molecule has 4 aromatic rings. The van der Waals surface area contributed by atoms with Crippen LogP contribution in [-0.2, 0) is 4.79 Å². The molecule has 0 spiro atoms. The van der Waals surface area contributed by atoms with Gasteiger partial charge in [0.05, 0.1) is 18.1 Å². The molecule has 1 amide bonds. The quantitative estimate of drug-likeness (QED) is 0.217. The van der Waals surface area contributed by atoms with Crippen molar-refractivity contribution in [3.05, 3.63) is 117 Å². The van der Waals surface area contributed by atoms with Gasteiger partial charge in [-0.15, -0.1) is 0 Å². The Morgan fingerprint density at radius 3 is 2.31 bits per heavy atom. The maximum absolute atomic E-state index is 12.5. The minimum Gasteiger partial charge on any atom is -0.481 e. The van der Waals surface area contributed by atoms with E-state index in [2.05, 4.69) is 42.6 Å². The van der Waals surface area contributed by atoms with Crippen molar-refractivity contribution in [1.29, 1.82) is 5.26 Å². The van der Waals surface area contributed by atoms with Crippen LogP contribution in [0.15, 0.2) is 78.9 Å². The predicted molar refractivity (Wildman–Crippen MR) is 155 cm³/mol. The molecule has 0 saturated heterocycles. The van der Waals surface area contributed by atoms with Crippen molar-refractivity contribution in [2.75, 3.05) is 6.54 Å². The van der Waals surface area contributed by atoms with Crippen molar-refractivity contribution in [1.82, 2.24) is 5.32 Å². The highest BCUT2D eigenvalue weighted by atomic mass is 35.5. The highest BCUT2D eigenvalue weighted by Crippen LogP contribution is 2.44. The molecule has 198 valence electrons. The summed E-state index contributed by atoms with van der Waals surface area (Å²) in [4.78, 5) is 23.3. The molecule has 1 unspecified atom stereocenters. The molecule has 0 aromatic heterocycles. The van der Waals surface area contributed by atoms with Crippen molar-refractivity contribution in [3.63, 3.8) is 0 Å². The predicted octanol–water partition coefficient (Wildman–Crippen LogP) is 7.59. The van der Waals surface area contributed by atoms with Gasteiger partial charge >= 0.3 is 5.97 Å². The molecule has 4 rings (SSSR count). The number of aliphatic carboxylic acids is 1. The van der Waals surface area contributed by atoms with Gasteiger partial charge in [-0.3, -0.25) is 9.59 Å². The maximum Gasteiger partial charge on any atom is 0.305 e. The van der Waals surface area contributed by atoms with Crippen LogP contribution in [-0.4, -0.2) is 23.5 Å². The van der Waals surface area contributed by atoms with Gasteiger partial charge in [-0.05, 0) is 82.6 Å². The van der Waals surface area contributed by atoms with Gasteiger partial charge in [-0.25, -0.2) is 0 Å². The molecule has 0 heterocycles. The summed E-state index contributed by atoms with van der Waals surface area (Å²) in [6.07, 6.45) is 1.74. The molecular weight excluding hydrogens is 508 g/mol. The lowest BCUT2D eigenvalue weighted by molar-refractivity contribution is -0.136. The summed E-state index contributed by atoms with van der Waals surface area (Å²) in [6, 6.07) is 28.2. The summed E-state index contributed by atoms with van der Waals surface area (Å²) in [5, 5.41) is 24.0. The van der Waals surface area contributed by atoms with E-state index in [9.17, 15) is 14.9 Å². The van der Waals surface area contributed by atoms with Gasteiger partial charge in [-0.2, -0.15) is 5.26 Å². The first-order valence-corrected chi connectivity index (χ1v) is 13.5.